The molecule has 8 heteroatoms. The molecule has 1 fully saturated rings. The maximum Gasteiger partial charge on any atom is 0.347 e. The van der Waals surface area contributed by atoms with E-state index in [9.17, 15) is 14.4 Å². The van der Waals surface area contributed by atoms with E-state index in [2.05, 4.69) is 10.3 Å². The van der Waals surface area contributed by atoms with E-state index in [0.29, 0.717) is 23.8 Å². The molecule has 2 amide bonds. The van der Waals surface area contributed by atoms with Crippen molar-refractivity contribution in [2.75, 3.05) is 13.1 Å². The van der Waals surface area contributed by atoms with Gasteiger partial charge in [-0.15, -0.1) is 11.3 Å². The van der Waals surface area contributed by atoms with Gasteiger partial charge in [0, 0.05) is 18.5 Å². The molecular weight excluding hydrogens is 354 g/mol. The molecule has 0 aliphatic carbocycles. The number of carboxylic acid groups (broad SMARTS) is 1. The van der Waals surface area contributed by atoms with Crippen LogP contribution in [0.15, 0.2) is 0 Å². The Kier molecular flexibility index (Phi) is 6.05. The molecule has 0 aromatic carbocycles. The average molecular weight is 381 g/mol. The van der Waals surface area contributed by atoms with Crippen LogP contribution >= 0.6 is 11.3 Å². The fraction of sp³-hybridized carbons (Fsp3) is 0.667. The Morgan fingerprint density at radius 2 is 2.00 bits per heavy atom. The lowest BCUT2D eigenvalue weighted by Crippen LogP contribution is -2.49. The molecule has 1 aliphatic rings. The minimum absolute atomic E-state index is 0.0599. The molecule has 144 valence electrons. The van der Waals surface area contributed by atoms with Gasteiger partial charge in [0.15, 0.2) is 0 Å². The molecule has 2 N–H and O–H groups in total. The van der Waals surface area contributed by atoms with Crippen LogP contribution in [0.5, 0.6) is 0 Å². The van der Waals surface area contributed by atoms with E-state index in [1.54, 1.807) is 18.7 Å². The van der Waals surface area contributed by atoms with Crippen molar-refractivity contribution in [1.82, 2.24) is 15.2 Å². The number of piperidine rings is 1. The van der Waals surface area contributed by atoms with Crippen LogP contribution < -0.4 is 5.32 Å². The first kappa shape index (κ1) is 20.4. The Morgan fingerprint density at radius 3 is 2.54 bits per heavy atom. The number of carbonyl (C=O) groups excluding carboxylic acids is 2. The second-order valence-electron chi connectivity index (χ2n) is 7.84. The highest BCUT2D eigenvalue weighted by Crippen LogP contribution is 2.26. The second kappa shape index (κ2) is 7.73. The molecule has 2 atom stereocenters. The lowest BCUT2D eigenvalue weighted by Gasteiger charge is -2.36. The van der Waals surface area contributed by atoms with Crippen LogP contribution in [0.2, 0.25) is 0 Å². The summed E-state index contributed by atoms with van der Waals surface area (Å²) in [5.41, 5.74) is -0.00433. The number of carbonyl (C=O) groups is 3. The number of aryl methyl sites for hydroxylation is 1. The number of thiazole rings is 1. The van der Waals surface area contributed by atoms with Gasteiger partial charge in [0.25, 0.3) is 0 Å². The first-order valence-electron chi connectivity index (χ1n) is 8.81. The van der Waals surface area contributed by atoms with Gasteiger partial charge in [-0.2, -0.15) is 0 Å². The highest BCUT2D eigenvalue weighted by atomic mass is 32.1. The number of nitrogens with zero attached hydrogens (tertiary/aromatic N) is 2. The maximum absolute atomic E-state index is 12.6. The Bertz CT molecular complexity index is 708. The average Bonchev–Trinajstić information content (AvgIpc) is 2.95. The van der Waals surface area contributed by atoms with Crippen LogP contribution in [-0.4, -0.2) is 45.9 Å². The molecule has 2 heterocycles. The van der Waals surface area contributed by atoms with Gasteiger partial charge in [0.05, 0.1) is 17.7 Å². The van der Waals surface area contributed by atoms with Crippen molar-refractivity contribution < 1.29 is 19.5 Å². The number of hydrogen-bond acceptors (Lipinski definition) is 5. The first-order chi connectivity index (χ1) is 12.0. The standard InChI is InChI=1S/C18H27N3O4S/c1-10-13(16(23)24)26-15(20-10)11(2)19-14(22)12-7-6-8-21(9-12)17(25)18(3,4)5/h11-12H,6-9H2,1-5H3,(H,19,22)(H,23,24). The molecule has 1 saturated heterocycles. The van der Waals surface area contributed by atoms with Gasteiger partial charge in [-0.25, -0.2) is 9.78 Å². The number of likely N-dealkylation sites (tertiary alicyclic amines) is 1. The van der Waals surface area contributed by atoms with Crippen molar-refractivity contribution in [3.8, 4) is 0 Å². The zero-order valence-electron chi connectivity index (χ0n) is 16.0. The van der Waals surface area contributed by atoms with E-state index in [0.717, 1.165) is 24.2 Å². The summed E-state index contributed by atoms with van der Waals surface area (Å²) >= 11 is 1.08. The number of amides is 2. The smallest absolute Gasteiger partial charge is 0.347 e. The van der Waals surface area contributed by atoms with Gasteiger partial charge in [-0.1, -0.05) is 20.8 Å². The van der Waals surface area contributed by atoms with Gasteiger partial charge in [0.1, 0.15) is 9.88 Å². The highest BCUT2D eigenvalue weighted by Gasteiger charge is 2.34. The fourth-order valence-electron chi connectivity index (χ4n) is 3.04. The fourth-order valence-corrected chi connectivity index (χ4v) is 3.95. The molecule has 2 rings (SSSR count). The van der Waals surface area contributed by atoms with Crippen LogP contribution in [0.25, 0.3) is 0 Å². The van der Waals surface area contributed by atoms with Crippen LogP contribution in [0.4, 0.5) is 0 Å². The molecule has 1 aromatic heterocycles. The van der Waals surface area contributed by atoms with Crippen molar-refractivity contribution in [2.45, 2.75) is 53.5 Å². The van der Waals surface area contributed by atoms with E-state index in [1.807, 2.05) is 20.8 Å². The second-order valence-corrected chi connectivity index (χ2v) is 8.87. The topological polar surface area (TPSA) is 99.6 Å². The van der Waals surface area contributed by atoms with Crippen LogP contribution in [-0.2, 0) is 9.59 Å². The summed E-state index contributed by atoms with van der Waals surface area (Å²) in [4.78, 5) is 42.5. The largest absolute Gasteiger partial charge is 0.477 e. The van der Waals surface area contributed by atoms with Crippen molar-refractivity contribution >= 4 is 29.1 Å². The number of aromatic carboxylic acids is 1. The summed E-state index contributed by atoms with van der Waals surface area (Å²) in [5, 5.41) is 12.6. The summed E-state index contributed by atoms with van der Waals surface area (Å²) in [6.45, 7) is 10.2. The van der Waals surface area contributed by atoms with Gasteiger partial charge >= 0.3 is 5.97 Å². The molecule has 26 heavy (non-hydrogen) atoms. The molecule has 7 nitrogen and oxygen atoms in total. The van der Waals surface area contributed by atoms with E-state index in [1.165, 1.54) is 0 Å². The Labute approximate surface area is 157 Å². The third kappa shape index (κ3) is 4.60. The zero-order valence-corrected chi connectivity index (χ0v) is 16.8. The van der Waals surface area contributed by atoms with Gasteiger partial charge in [0.2, 0.25) is 11.8 Å². The minimum atomic E-state index is -1.01. The molecule has 0 bridgehead atoms. The maximum atomic E-state index is 12.6. The van der Waals surface area contributed by atoms with E-state index in [4.69, 9.17) is 5.11 Å². The molecular formula is C18H27N3O4S. The van der Waals surface area contributed by atoms with Gasteiger partial charge in [-0.05, 0) is 26.7 Å². The molecule has 2 unspecified atom stereocenters. The number of nitrogens with one attached hydrogen (secondary N) is 1. The summed E-state index contributed by atoms with van der Waals surface area (Å²) in [6, 6.07) is -0.368. The quantitative estimate of drug-likeness (QED) is 0.835. The number of hydrogen-bond donors (Lipinski definition) is 2. The minimum Gasteiger partial charge on any atom is -0.477 e. The van der Waals surface area contributed by atoms with Crippen LogP contribution in [0.3, 0.4) is 0 Å². The molecule has 1 aliphatic heterocycles. The summed E-state index contributed by atoms with van der Waals surface area (Å²) in [7, 11) is 0. The van der Waals surface area contributed by atoms with E-state index in [-0.39, 0.29) is 28.7 Å². The lowest BCUT2D eigenvalue weighted by atomic mass is 9.91. The predicted molar refractivity (Wildman–Crippen MR) is 99.1 cm³/mol. The van der Waals surface area contributed by atoms with Gasteiger partial charge < -0.3 is 15.3 Å². The molecule has 0 saturated carbocycles. The van der Waals surface area contributed by atoms with Crippen LogP contribution in [0, 0.1) is 18.3 Å². The van der Waals surface area contributed by atoms with Crippen molar-refractivity contribution in [1.29, 1.82) is 0 Å². The van der Waals surface area contributed by atoms with E-state index < -0.39 is 11.4 Å². The summed E-state index contributed by atoms with van der Waals surface area (Å²) < 4.78 is 0. The van der Waals surface area contributed by atoms with E-state index >= 15 is 0 Å². The normalized spacial score (nSPS) is 19.1. The molecule has 1 aromatic rings. The lowest BCUT2D eigenvalue weighted by molar-refractivity contribution is -0.142. The van der Waals surface area contributed by atoms with Crippen molar-refractivity contribution in [3.63, 3.8) is 0 Å². The summed E-state index contributed by atoms with van der Waals surface area (Å²) in [5.74, 6) is -1.32. The highest BCUT2D eigenvalue weighted by molar-refractivity contribution is 7.13. The van der Waals surface area contributed by atoms with Crippen molar-refractivity contribution in [2.24, 2.45) is 11.3 Å². The Morgan fingerprint density at radius 1 is 1.35 bits per heavy atom. The zero-order chi connectivity index (χ0) is 19.6. The molecule has 0 spiro atoms. The van der Waals surface area contributed by atoms with Crippen molar-refractivity contribution in [3.05, 3.63) is 15.6 Å². The first-order valence-corrected chi connectivity index (χ1v) is 9.62. The SMILES string of the molecule is Cc1nc(C(C)NC(=O)C2CCCN(C(=O)C(C)(C)C)C2)sc1C(=O)O. The Hall–Kier alpha value is -1.96. The number of aromatic nitrogens is 1. The third-order valence-corrected chi connectivity index (χ3v) is 5.79. The number of carboxylic acids is 1. The van der Waals surface area contributed by atoms with Crippen LogP contribution in [0.1, 0.15) is 67.0 Å². The Balaban J connectivity index is 2.01. The number of rotatable bonds is 4. The predicted octanol–water partition coefficient (Wildman–Crippen LogP) is 2.61. The third-order valence-electron chi connectivity index (χ3n) is 4.46. The summed E-state index contributed by atoms with van der Waals surface area (Å²) in [6.07, 6.45) is 1.54. The molecule has 0 radical (unpaired) electrons. The monoisotopic (exact) mass is 381 g/mol. The van der Waals surface area contributed by atoms with Gasteiger partial charge in [-0.3, -0.25) is 9.59 Å².